The van der Waals surface area contributed by atoms with Crippen molar-refractivity contribution in [3.8, 4) is 0 Å². The Balaban J connectivity index is 2.00. The lowest BCUT2D eigenvalue weighted by molar-refractivity contribution is 0.0664. The molecule has 1 fully saturated rings. The first-order chi connectivity index (χ1) is 9.56. The summed E-state index contributed by atoms with van der Waals surface area (Å²) in [6.45, 7) is 3.72. The van der Waals surface area contributed by atoms with Crippen LogP contribution in [0.1, 0.15) is 24.8 Å². The second-order valence-electron chi connectivity index (χ2n) is 5.30. The molecule has 0 radical (unpaired) electrons. The molecule has 1 aromatic rings. The van der Waals surface area contributed by atoms with Gasteiger partial charge in [-0.25, -0.2) is 5.84 Å². The molecule has 4 nitrogen and oxygen atoms in total. The fraction of sp³-hybridized carbons (Fsp3) is 0.467. The van der Waals surface area contributed by atoms with Gasteiger partial charge in [0.1, 0.15) is 0 Å². The first-order valence-corrected chi connectivity index (χ1v) is 7.69. The number of hydrazine groups is 1. The molecule has 0 amide bonds. The summed E-state index contributed by atoms with van der Waals surface area (Å²) in [5.41, 5.74) is 9.00. The van der Waals surface area contributed by atoms with Gasteiger partial charge in [0.15, 0.2) is 0 Å². The summed E-state index contributed by atoms with van der Waals surface area (Å²) in [6.07, 6.45) is 4.87. The van der Waals surface area contributed by atoms with Crippen LogP contribution in [0.5, 0.6) is 0 Å². The molecule has 1 saturated heterocycles. The second kappa shape index (κ2) is 7.11. The zero-order valence-electron chi connectivity index (χ0n) is 11.8. The van der Waals surface area contributed by atoms with Gasteiger partial charge in [0.05, 0.1) is 5.69 Å². The fourth-order valence-electron chi connectivity index (χ4n) is 2.49. The number of nitrogens with two attached hydrogens (primary N) is 2. The molecule has 1 aliphatic rings. The summed E-state index contributed by atoms with van der Waals surface area (Å²) in [4.78, 5) is 0. The van der Waals surface area contributed by atoms with E-state index in [-0.39, 0.29) is 0 Å². The zero-order valence-corrected chi connectivity index (χ0v) is 13.4. The van der Waals surface area contributed by atoms with Gasteiger partial charge < -0.3 is 10.5 Å². The van der Waals surface area contributed by atoms with Crippen molar-refractivity contribution in [1.29, 1.82) is 0 Å². The van der Waals surface area contributed by atoms with Crippen LogP contribution >= 0.6 is 15.9 Å². The number of rotatable bonds is 4. The highest BCUT2D eigenvalue weighted by atomic mass is 79.9. The van der Waals surface area contributed by atoms with Crippen LogP contribution in [0.4, 0.5) is 5.69 Å². The Morgan fingerprint density at radius 3 is 2.80 bits per heavy atom. The summed E-state index contributed by atoms with van der Waals surface area (Å²) in [6, 6.07) is 6.00. The summed E-state index contributed by atoms with van der Waals surface area (Å²) >= 11 is 3.45. The summed E-state index contributed by atoms with van der Waals surface area (Å²) in [5.74, 6) is 6.70. The van der Waals surface area contributed by atoms with Gasteiger partial charge in [-0.05, 0) is 55.9 Å². The molecule has 0 spiro atoms. The summed E-state index contributed by atoms with van der Waals surface area (Å²) < 4.78 is 6.41. The molecule has 20 heavy (non-hydrogen) atoms. The van der Waals surface area contributed by atoms with Crippen LogP contribution in [-0.2, 0) is 4.74 Å². The summed E-state index contributed by atoms with van der Waals surface area (Å²) in [7, 11) is 0. The first kappa shape index (κ1) is 15.4. The van der Waals surface area contributed by atoms with E-state index in [1.54, 1.807) is 5.01 Å². The standard InChI is InChI=1S/C15H22BrN3O/c1-11-8-13(16)2-3-15(11)19(18)10-14(17)9-12-4-6-20-7-5-12/h2-3,8,10,12H,4-7,9,17-18H2,1H3/b14-10-. The Kier molecular flexibility index (Phi) is 5.46. The highest BCUT2D eigenvalue weighted by Crippen LogP contribution is 2.24. The number of hydrogen-bond donors (Lipinski definition) is 2. The van der Waals surface area contributed by atoms with Crippen LogP contribution in [-0.4, -0.2) is 13.2 Å². The summed E-state index contributed by atoms with van der Waals surface area (Å²) in [5, 5.41) is 1.61. The van der Waals surface area contributed by atoms with E-state index in [4.69, 9.17) is 16.3 Å². The van der Waals surface area contributed by atoms with Crippen LogP contribution in [0.25, 0.3) is 0 Å². The largest absolute Gasteiger partial charge is 0.401 e. The first-order valence-electron chi connectivity index (χ1n) is 6.90. The lowest BCUT2D eigenvalue weighted by Crippen LogP contribution is -2.27. The topological polar surface area (TPSA) is 64.5 Å². The lowest BCUT2D eigenvalue weighted by Gasteiger charge is -2.23. The maximum atomic E-state index is 6.11. The molecule has 1 aliphatic heterocycles. The van der Waals surface area contributed by atoms with Crippen LogP contribution in [0.3, 0.4) is 0 Å². The predicted octanol–water partition coefficient (Wildman–Crippen LogP) is 3.05. The smallest absolute Gasteiger partial charge is 0.0598 e. The van der Waals surface area contributed by atoms with Crippen molar-refractivity contribution in [2.75, 3.05) is 18.2 Å². The Labute approximate surface area is 128 Å². The fourth-order valence-corrected chi connectivity index (χ4v) is 2.97. The quantitative estimate of drug-likeness (QED) is 0.653. The predicted molar refractivity (Wildman–Crippen MR) is 86.0 cm³/mol. The molecule has 4 N–H and O–H groups in total. The SMILES string of the molecule is Cc1cc(Br)ccc1N(N)/C=C(\N)CC1CCOCC1. The third kappa shape index (κ3) is 4.23. The number of nitrogens with zero attached hydrogens (tertiary/aromatic N) is 1. The third-order valence-corrected chi connectivity index (χ3v) is 4.10. The van der Waals surface area contributed by atoms with Gasteiger partial charge in [-0.3, -0.25) is 5.01 Å². The Hall–Kier alpha value is -1.04. The minimum absolute atomic E-state index is 0.611. The van der Waals surface area contributed by atoms with Gasteiger partial charge in [0.2, 0.25) is 0 Å². The number of aryl methyl sites for hydroxylation is 1. The molecule has 1 aromatic carbocycles. The Bertz CT molecular complexity index is 484. The van der Waals surface area contributed by atoms with Gasteiger partial charge >= 0.3 is 0 Å². The van der Waals surface area contributed by atoms with E-state index in [1.165, 1.54) is 0 Å². The molecule has 110 valence electrons. The van der Waals surface area contributed by atoms with Gasteiger partial charge in [-0.1, -0.05) is 15.9 Å². The molecular formula is C15H22BrN3O. The molecular weight excluding hydrogens is 318 g/mol. The van der Waals surface area contributed by atoms with E-state index in [2.05, 4.69) is 15.9 Å². The van der Waals surface area contributed by atoms with Crippen molar-refractivity contribution in [2.24, 2.45) is 17.5 Å². The van der Waals surface area contributed by atoms with E-state index in [9.17, 15) is 0 Å². The zero-order chi connectivity index (χ0) is 14.5. The van der Waals surface area contributed by atoms with Gasteiger partial charge in [-0.2, -0.15) is 0 Å². The van der Waals surface area contributed by atoms with Crippen molar-refractivity contribution < 1.29 is 4.74 Å². The minimum Gasteiger partial charge on any atom is -0.401 e. The second-order valence-corrected chi connectivity index (χ2v) is 6.22. The van der Waals surface area contributed by atoms with E-state index < -0.39 is 0 Å². The number of benzene rings is 1. The average molecular weight is 340 g/mol. The van der Waals surface area contributed by atoms with E-state index in [1.807, 2.05) is 31.3 Å². The normalized spacial score (nSPS) is 17.2. The van der Waals surface area contributed by atoms with Gasteiger partial charge in [-0.15, -0.1) is 0 Å². The molecule has 0 aliphatic carbocycles. The molecule has 5 heteroatoms. The molecule has 2 rings (SSSR count). The minimum atomic E-state index is 0.611. The number of hydrogen-bond acceptors (Lipinski definition) is 4. The molecule has 0 aromatic heterocycles. The Morgan fingerprint density at radius 1 is 1.45 bits per heavy atom. The van der Waals surface area contributed by atoms with Crippen molar-refractivity contribution in [2.45, 2.75) is 26.2 Å². The number of anilines is 1. The monoisotopic (exact) mass is 339 g/mol. The molecule has 0 atom stereocenters. The van der Waals surface area contributed by atoms with E-state index >= 15 is 0 Å². The molecule has 0 unspecified atom stereocenters. The highest BCUT2D eigenvalue weighted by molar-refractivity contribution is 9.10. The van der Waals surface area contributed by atoms with E-state index in [0.29, 0.717) is 5.92 Å². The van der Waals surface area contributed by atoms with Crippen LogP contribution in [0, 0.1) is 12.8 Å². The number of halogens is 1. The van der Waals surface area contributed by atoms with E-state index in [0.717, 1.165) is 53.9 Å². The van der Waals surface area contributed by atoms with Crippen LogP contribution in [0.15, 0.2) is 34.6 Å². The van der Waals surface area contributed by atoms with Crippen LogP contribution in [0.2, 0.25) is 0 Å². The maximum Gasteiger partial charge on any atom is 0.0598 e. The average Bonchev–Trinajstić information content (AvgIpc) is 2.39. The number of allylic oxidation sites excluding steroid dienone is 1. The Morgan fingerprint density at radius 2 is 2.15 bits per heavy atom. The van der Waals surface area contributed by atoms with Crippen molar-refractivity contribution in [1.82, 2.24) is 0 Å². The van der Waals surface area contributed by atoms with Crippen molar-refractivity contribution in [3.63, 3.8) is 0 Å². The highest BCUT2D eigenvalue weighted by Gasteiger charge is 2.15. The maximum absolute atomic E-state index is 6.11. The van der Waals surface area contributed by atoms with Gasteiger partial charge in [0, 0.05) is 29.6 Å². The molecule has 0 saturated carbocycles. The molecule has 1 heterocycles. The lowest BCUT2D eigenvalue weighted by atomic mass is 9.95. The third-order valence-electron chi connectivity index (χ3n) is 3.61. The number of ether oxygens (including phenoxy) is 1. The van der Waals surface area contributed by atoms with Gasteiger partial charge in [0.25, 0.3) is 0 Å². The van der Waals surface area contributed by atoms with Crippen molar-refractivity contribution in [3.05, 3.63) is 40.1 Å². The van der Waals surface area contributed by atoms with Crippen LogP contribution < -0.4 is 16.6 Å². The molecule has 0 bridgehead atoms. The van der Waals surface area contributed by atoms with Crippen molar-refractivity contribution >= 4 is 21.6 Å².